The largest absolute Gasteiger partial charge is 0.465 e. The van der Waals surface area contributed by atoms with Crippen LogP contribution in [0, 0.1) is 17.8 Å². The van der Waals surface area contributed by atoms with Crippen LogP contribution in [-0.4, -0.2) is 69.6 Å². The third-order valence-electron chi connectivity index (χ3n) is 8.00. The van der Waals surface area contributed by atoms with Crippen LogP contribution in [0.25, 0.3) is 0 Å². The van der Waals surface area contributed by atoms with Crippen molar-refractivity contribution in [1.29, 1.82) is 0 Å². The van der Waals surface area contributed by atoms with Crippen molar-refractivity contribution >= 4 is 46.8 Å². The van der Waals surface area contributed by atoms with E-state index in [1.54, 1.807) is 28.0 Å². The van der Waals surface area contributed by atoms with Crippen LogP contribution in [0.1, 0.15) is 33.1 Å². The molecule has 2 amide bonds. The molecule has 5 rings (SSSR count). The van der Waals surface area contributed by atoms with E-state index in [2.05, 4.69) is 6.08 Å². The molecule has 9 heteroatoms. The lowest BCUT2D eigenvalue weighted by atomic mass is 9.78. The van der Waals surface area contributed by atoms with Gasteiger partial charge in [0.1, 0.15) is 6.04 Å². The smallest absolute Gasteiger partial charge is 0.311 e. The average molecular weight is 545 g/mol. The number of nitrogens with zero attached hydrogens (tertiary/aromatic N) is 2. The summed E-state index contributed by atoms with van der Waals surface area (Å²) in [4.78, 5) is 45.4. The second-order valence-corrected chi connectivity index (χ2v) is 12.4. The molecule has 37 heavy (non-hydrogen) atoms. The normalized spacial score (nSPS) is 33.5. The second kappa shape index (κ2) is 10.5. The number of benzene rings is 1. The number of esters is 1. The van der Waals surface area contributed by atoms with Gasteiger partial charge in [-0.2, -0.15) is 0 Å². The summed E-state index contributed by atoms with van der Waals surface area (Å²) in [6.07, 6.45) is 10.5. The van der Waals surface area contributed by atoms with Gasteiger partial charge in [-0.25, -0.2) is 0 Å². The second-order valence-electron chi connectivity index (χ2n) is 10.5. The third kappa shape index (κ3) is 4.31. The summed E-state index contributed by atoms with van der Waals surface area (Å²) in [6.45, 7) is 4.18. The van der Waals surface area contributed by atoms with Gasteiger partial charge in [0.15, 0.2) is 0 Å². The minimum Gasteiger partial charge on any atom is -0.465 e. The van der Waals surface area contributed by atoms with Crippen molar-refractivity contribution in [3.05, 3.63) is 53.6 Å². The minimum atomic E-state index is -0.973. The first-order valence-corrected chi connectivity index (χ1v) is 14.3. The Morgan fingerprint density at radius 1 is 1.16 bits per heavy atom. The summed E-state index contributed by atoms with van der Waals surface area (Å²) in [6, 6.07) is 5.68. The molecule has 4 aliphatic rings. The van der Waals surface area contributed by atoms with Crippen LogP contribution < -0.4 is 4.90 Å². The van der Waals surface area contributed by atoms with E-state index in [4.69, 9.17) is 16.3 Å². The molecular formula is C28H33ClN2O5S. The number of allylic oxidation sites excluding steroid dienone is 1. The quantitative estimate of drug-likeness (QED) is 0.458. The first-order chi connectivity index (χ1) is 17.8. The molecule has 1 spiro atoms. The van der Waals surface area contributed by atoms with Gasteiger partial charge in [0.25, 0.3) is 5.91 Å². The molecule has 7 nitrogen and oxygen atoms in total. The predicted molar refractivity (Wildman–Crippen MR) is 144 cm³/mol. The number of rotatable bonds is 4. The topological polar surface area (TPSA) is 87.2 Å². The Bertz CT molecular complexity index is 1140. The fourth-order valence-electron chi connectivity index (χ4n) is 6.22. The van der Waals surface area contributed by atoms with Gasteiger partial charge in [-0.05, 0) is 37.3 Å². The van der Waals surface area contributed by atoms with Crippen LogP contribution >= 0.6 is 23.4 Å². The van der Waals surface area contributed by atoms with Crippen LogP contribution in [0.15, 0.2) is 48.6 Å². The predicted octanol–water partition coefficient (Wildman–Crippen LogP) is 3.84. The molecule has 4 aliphatic heterocycles. The number of hydrogen-bond acceptors (Lipinski definition) is 6. The van der Waals surface area contributed by atoms with Crippen LogP contribution in [0.4, 0.5) is 5.69 Å². The van der Waals surface area contributed by atoms with E-state index in [0.717, 1.165) is 19.3 Å². The number of cyclic esters (lactones) is 1. The number of carbonyl (C=O) groups is 3. The molecule has 0 aromatic heterocycles. The molecule has 1 unspecified atom stereocenters. The number of ether oxygens (including phenoxy) is 1. The summed E-state index contributed by atoms with van der Waals surface area (Å²) in [5.74, 6) is -2.52. The maximum absolute atomic E-state index is 14.5. The number of aliphatic hydroxyl groups is 1. The number of aliphatic hydroxyl groups excluding tert-OH is 1. The number of halogens is 1. The standard InChI is InChI=1S/C28H33ClN2O5S/c1-17(2)20(16-32)31-24-26(34)30(19-11-7-6-10-18(19)29)14-9-13-28(24)23(25(31)33)22-21(37-28)12-5-3-4-8-15-36-27(22)35/h5-7,9-13,17,20-24,32H,3-4,8,14-16H2,1-2H3/b12-5-/t20-,21-,22+,23-,24?,28-/m0/s1. The zero-order valence-corrected chi connectivity index (χ0v) is 22.7. The number of carbonyl (C=O) groups excluding carboxylic acids is 3. The van der Waals surface area contributed by atoms with E-state index >= 15 is 0 Å². The Morgan fingerprint density at radius 3 is 2.68 bits per heavy atom. The van der Waals surface area contributed by atoms with Gasteiger partial charge in [-0.15, -0.1) is 11.8 Å². The van der Waals surface area contributed by atoms with Gasteiger partial charge in [-0.3, -0.25) is 14.4 Å². The van der Waals surface area contributed by atoms with Crippen molar-refractivity contribution in [2.75, 3.05) is 24.7 Å². The summed E-state index contributed by atoms with van der Waals surface area (Å²) >= 11 is 8.01. The lowest BCUT2D eigenvalue weighted by Gasteiger charge is -2.40. The molecule has 1 N–H and O–H groups in total. The molecule has 1 aromatic rings. The molecule has 0 saturated carbocycles. The Hall–Kier alpha value is -2.29. The summed E-state index contributed by atoms with van der Waals surface area (Å²) < 4.78 is 4.68. The molecule has 4 heterocycles. The summed E-state index contributed by atoms with van der Waals surface area (Å²) in [5, 5.41) is 10.5. The van der Waals surface area contributed by atoms with Crippen molar-refractivity contribution in [3.63, 3.8) is 0 Å². The van der Waals surface area contributed by atoms with Crippen molar-refractivity contribution in [3.8, 4) is 0 Å². The lowest BCUT2D eigenvalue weighted by molar-refractivity contribution is -0.153. The third-order valence-corrected chi connectivity index (χ3v) is 10.1. The van der Waals surface area contributed by atoms with Crippen LogP contribution in [0.5, 0.6) is 0 Å². The highest BCUT2D eigenvalue weighted by Crippen LogP contribution is 2.61. The number of hydrogen-bond donors (Lipinski definition) is 1. The fourth-order valence-corrected chi connectivity index (χ4v) is 8.45. The van der Waals surface area contributed by atoms with Crippen LogP contribution in [-0.2, 0) is 19.1 Å². The minimum absolute atomic E-state index is 0.102. The Morgan fingerprint density at radius 2 is 1.95 bits per heavy atom. The average Bonchev–Trinajstić information content (AvgIpc) is 3.25. The van der Waals surface area contributed by atoms with E-state index in [-0.39, 0.29) is 36.1 Å². The van der Waals surface area contributed by atoms with Gasteiger partial charge >= 0.3 is 5.97 Å². The van der Waals surface area contributed by atoms with E-state index in [1.807, 2.05) is 38.1 Å². The van der Waals surface area contributed by atoms with Crippen molar-refractivity contribution in [1.82, 2.24) is 4.90 Å². The Labute approximate surface area is 226 Å². The van der Waals surface area contributed by atoms with E-state index in [9.17, 15) is 19.5 Å². The zero-order chi connectivity index (χ0) is 26.3. The molecule has 0 aliphatic carbocycles. The molecule has 6 atom stereocenters. The monoisotopic (exact) mass is 544 g/mol. The van der Waals surface area contributed by atoms with E-state index < -0.39 is 34.6 Å². The van der Waals surface area contributed by atoms with Crippen molar-refractivity contribution < 1.29 is 24.2 Å². The molecule has 198 valence electrons. The van der Waals surface area contributed by atoms with Gasteiger partial charge in [0.05, 0.1) is 46.5 Å². The highest BCUT2D eigenvalue weighted by Gasteiger charge is 2.71. The molecule has 2 saturated heterocycles. The summed E-state index contributed by atoms with van der Waals surface area (Å²) in [5.41, 5.74) is 0.568. The van der Waals surface area contributed by atoms with Crippen LogP contribution in [0.2, 0.25) is 5.02 Å². The van der Waals surface area contributed by atoms with Gasteiger partial charge in [0.2, 0.25) is 5.91 Å². The first-order valence-electron chi connectivity index (χ1n) is 13.0. The number of amides is 2. The lowest BCUT2D eigenvalue weighted by Crippen LogP contribution is -2.57. The number of thioether (sulfide) groups is 1. The van der Waals surface area contributed by atoms with Gasteiger partial charge in [-0.1, -0.05) is 61.9 Å². The molecule has 1 aromatic carbocycles. The molecular weight excluding hydrogens is 512 g/mol. The number of para-hydroxylation sites is 1. The van der Waals surface area contributed by atoms with Gasteiger partial charge in [0, 0.05) is 11.8 Å². The van der Waals surface area contributed by atoms with Crippen molar-refractivity contribution in [2.45, 2.75) is 55.2 Å². The molecule has 0 bridgehead atoms. The number of anilines is 1. The fraction of sp³-hybridized carbons (Fsp3) is 0.536. The maximum Gasteiger partial charge on any atom is 0.311 e. The highest BCUT2D eigenvalue weighted by atomic mass is 35.5. The highest BCUT2D eigenvalue weighted by molar-refractivity contribution is 8.02. The molecule has 0 radical (unpaired) electrons. The van der Waals surface area contributed by atoms with Crippen molar-refractivity contribution in [2.24, 2.45) is 17.8 Å². The van der Waals surface area contributed by atoms with Crippen LogP contribution in [0.3, 0.4) is 0 Å². The number of fused-ring (bicyclic) bond motifs is 2. The van der Waals surface area contributed by atoms with Gasteiger partial charge < -0.3 is 19.6 Å². The Kier molecular flexibility index (Phi) is 7.44. The maximum atomic E-state index is 14.5. The first kappa shape index (κ1) is 26.3. The molecule has 2 fully saturated rings. The van der Waals surface area contributed by atoms with E-state index in [0.29, 0.717) is 17.3 Å². The zero-order valence-electron chi connectivity index (χ0n) is 21.1. The van der Waals surface area contributed by atoms with E-state index in [1.165, 1.54) is 11.8 Å². The summed E-state index contributed by atoms with van der Waals surface area (Å²) in [7, 11) is 0. The number of likely N-dealkylation sites (tertiary alicyclic amines) is 1. The Balaban J connectivity index is 1.66. The SMILES string of the molecule is CC(C)[C@H](CO)N1C(=O)[C@@H]2[C@@H]3C(=O)OCCCC/C=C\[C@@H]3S[C@@]23C=CCN(c2ccccc2Cl)C(=O)C13.